The third-order valence-electron chi connectivity index (χ3n) is 5.36. The highest BCUT2D eigenvalue weighted by Gasteiger charge is 2.36. The van der Waals surface area contributed by atoms with Gasteiger partial charge in [0.1, 0.15) is 12.2 Å². The van der Waals surface area contributed by atoms with Crippen LogP contribution < -0.4 is 4.57 Å². The Morgan fingerprint density at radius 3 is 2.52 bits per heavy atom. The molecule has 0 fully saturated rings. The number of hydrogen-bond donors (Lipinski definition) is 0. The molecule has 146 valence electrons. The summed E-state index contributed by atoms with van der Waals surface area (Å²) in [6.45, 7) is 13.6. The van der Waals surface area contributed by atoms with Crippen LogP contribution in [-0.2, 0) is 24.3 Å². The molecule has 0 aliphatic carbocycles. The van der Waals surface area contributed by atoms with Crippen molar-refractivity contribution in [3.63, 3.8) is 0 Å². The first-order chi connectivity index (χ1) is 13.0. The summed E-state index contributed by atoms with van der Waals surface area (Å²) in [7, 11) is 0. The maximum atomic E-state index is 6.13. The molecule has 0 saturated heterocycles. The van der Waals surface area contributed by atoms with E-state index >= 15 is 0 Å². The van der Waals surface area contributed by atoms with Gasteiger partial charge >= 0.3 is 5.82 Å². The zero-order valence-electron chi connectivity index (χ0n) is 17.3. The number of fused-ring (bicyclic) bond motifs is 1. The lowest BCUT2D eigenvalue weighted by Crippen LogP contribution is -2.51. The second-order valence-electron chi connectivity index (χ2n) is 7.64. The van der Waals surface area contributed by atoms with E-state index in [-0.39, 0.29) is 5.60 Å². The normalized spacial score (nSPS) is 15.8. The van der Waals surface area contributed by atoms with Crippen molar-refractivity contribution >= 4 is 11.8 Å². The van der Waals surface area contributed by atoms with Gasteiger partial charge in [-0.05, 0) is 50.3 Å². The highest BCUT2D eigenvalue weighted by atomic mass is 32.2. The van der Waals surface area contributed by atoms with Crippen LogP contribution in [0.4, 0.5) is 0 Å². The highest BCUT2D eigenvalue weighted by Crippen LogP contribution is 2.32. The lowest BCUT2D eigenvalue weighted by Gasteiger charge is -2.32. The fourth-order valence-electron chi connectivity index (χ4n) is 3.71. The van der Waals surface area contributed by atoms with Crippen LogP contribution in [0.5, 0.6) is 0 Å². The minimum atomic E-state index is -0.144. The summed E-state index contributed by atoms with van der Waals surface area (Å²) in [4.78, 5) is 7.55. The monoisotopic (exact) mass is 386 g/mol. The van der Waals surface area contributed by atoms with Crippen LogP contribution in [0.15, 0.2) is 35.4 Å². The first kappa shape index (κ1) is 20.3. The van der Waals surface area contributed by atoms with Gasteiger partial charge in [0, 0.05) is 13.0 Å². The molecule has 0 atom stereocenters. The Morgan fingerprint density at radius 2 is 1.89 bits per heavy atom. The quantitative estimate of drug-likeness (QED) is 0.409. The van der Waals surface area contributed by atoms with Crippen LogP contribution in [0.1, 0.15) is 39.0 Å². The number of benzene rings is 1. The molecule has 27 heavy (non-hydrogen) atoms. The van der Waals surface area contributed by atoms with Crippen molar-refractivity contribution in [3.8, 4) is 11.4 Å². The van der Waals surface area contributed by atoms with Crippen LogP contribution in [0.25, 0.3) is 11.4 Å². The van der Waals surface area contributed by atoms with Crippen molar-refractivity contribution in [2.75, 3.05) is 25.9 Å². The molecular weight excluding hydrogens is 354 g/mol. The minimum absolute atomic E-state index is 0.144. The molecule has 0 radical (unpaired) electrons. The van der Waals surface area contributed by atoms with E-state index in [2.05, 4.69) is 73.7 Å². The average Bonchev–Trinajstić information content (AvgIpc) is 2.68. The SMILES string of the molecule is CCN(CC)CC[n+]1c(-c2ccccc2)nc(SC)c2c1CC(C)(C)OC2. The van der Waals surface area contributed by atoms with Crippen LogP contribution >= 0.6 is 11.8 Å². The van der Waals surface area contributed by atoms with E-state index in [0.717, 1.165) is 43.5 Å². The van der Waals surface area contributed by atoms with E-state index in [1.165, 1.54) is 16.8 Å². The summed E-state index contributed by atoms with van der Waals surface area (Å²) in [6.07, 6.45) is 3.02. The van der Waals surface area contributed by atoms with Gasteiger partial charge in [0.05, 0.1) is 23.3 Å². The number of hydrogen-bond acceptors (Lipinski definition) is 4. The van der Waals surface area contributed by atoms with Crippen LogP contribution in [0, 0.1) is 0 Å². The average molecular weight is 387 g/mol. The molecule has 3 rings (SSSR count). The van der Waals surface area contributed by atoms with Crippen LogP contribution in [0.3, 0.4) is 0 Å². The molecule has 0 unspecified atom stereocenters. The van der Waals surface area contributed by atoms with E-state index in [1.807, 2.05) is 0 Å². The summed E-state index contributed by atoms with van der Waals surface area (Å²) in [5, 5.41) is 1.10. The number of ether oxygens (including phenoxy) is 1. The molecule has 0 spiro atoms. The summed E-state index contributed by atoms with van der Waals surface area (Å²) >= 11 is 1.72. The zero-order valence-corrected chi connectivity index (χ0v) is 18.1. The Hall–Kier alpha value is -1.43. The van der Waals surface area contributed by atoms with Gasteiger partial charge in [-0.25, -0.2) is 4.57 Å². The lowest BCUT2D eigenvalue weighted by molar-refractivity contribution is -0.698. The molecule has 1 aromatic heterocycles. The Labute approximate surface area is 168 Å². The van der Waals surface area contributed by atoms with Crippen LogP contribution in [0.2, 0.25) is 0 Å². The van der Waals surface area contributed by atoms with Crippen molar-refractivity contribution in [2.45, 2.75) is 57.9 Å². The molecule has 4 nitrogen and oxygen atoms in total. The van der Waals surface area contributed by atoms with Gasteiger partial charge in [-0.3, -0.25) is 4.90 Å². The maximum Gasteiger partial charge on any atom is 0.331 e. The topological polar surface area (TPSA) is 29.2 Å². The van der Waals surface area contributed by atoms with Gasteiger partial charge in [0.25, 0.3) is 0 Å². The standard InChI is InChI=1S/C22H32N3OS/c1-6-24(7-2)13-14-25-19-15-22(3,4)26-16-18(19)21(27-5)23-20(25)17-11-9-8-10-12-17/h8-12H,6-7,13-16H2,1-5H3/q+1. The van der Waals surface area contributed by atoms with Gasteiger partial charge in [0.15, 0.2) is 0 Å². The number of likely N-dealkylation sites (N-methyl/N-ethyl adjacent to an activating group) is 1. The molecule has 0 amide bonds. The summed E-state index contributed by atoms with van der Waals surface area (Å²) in [5.74, 6) is 1.07. The smallest absolute Gasteiger partial charge is 0.331 e. The van der Waals surface area contributed by atoms with E-state index in [0.29, 0.717) is 6.61 Å². The second-order valence-corrected chi connectivity index (χ2v) is 8.43. The Morgan fingerprint density at radius 1 is 1.19 bits per heavy atom. The van der Waals surface area contributed by atoms with Crippen molar-refractivity contribution in [1.29, 1.82) is 0 Å². The van der Waals surface area contributed by atoms with Gasteiger partial charge in [-0.2, -0.15) is 0 Å². The van der Waals surface area contributed by atoms with Gasteiger partial charge in [-0.1, -0.05) is 43.8 Å². The maximum absolute atomic E-state index is 6.13. The summed E-state index contributed by atoms with van der Waals surface area (Å²) in [6, 6.07) is 10.6. The van der Waals surface area contributed by atoms with Gasteiger partial charge in [-0.15, -0.1) is 0 Å². The van der Waals surface area contributed by atoms with E-state index in [4.69, 9.17) is 9.72 Å². The molecule has 1 aromatic carbocycles. The predicted molar refractivity (Wildman–Crippen MR) is 112 cm³/mol. The van der Waals surface area contributed by atoms with Crippen molar-refractivity contribution in [1.82, 2.24) is 9.88 Å². The number of rotatable bonds is 7. The first-order valence-corrected chi connectivity index (χ1v) is 11.1. The molecule has 0 bridgehead atoms. The minimum Gasteiger partial charge on any atom is -0.370 e. The molecule has 0 N–H and O–H groups in total. The molecule has 0 saturated carbocycles. The number of thioether (sulfide) groups is 1. The molecule has 1 aliphatic rings. The van der Waals surface area contributed by atoms with E-state index in [9.17, 15) is 0 Å². The van der Waals surface area contributed by atoms with E-state index < -0.39 is 0 Å². The fourth-order valence-corrected chi connectivity index (χ4v) is 4.31. The Bertz CT molecular complexity index is 773. The highest BCUT2D eigenvalue weighted by molar-refractivity contribution is 7.98. The summed E-state index contributed by atoms with van der Waals surface area (Å²) < 4.78 is 8.58. The number of aromatic nitrogens is 2. The molecule has 5 heteroatoms. The van der Waals surface area contributed by atoms with E-state index in [1.54, 1.807) is 11.8 Å². The number of nitrogens with zero attached hydrogens (tertiary/aromatic N) is 3. The van der Waals surface area contributed by atoms with Crippen molar-refractivity contribution < 1.29 is 9.30 Å². The van der Waals surface area contributed by atoms with Gasteiger partial charge < -0.3 is 4.74 Å². The molecule has 2 heterocycles. The van der Waals surface area contributed by atoms with Crippen molar-refractivity contribution in [2.24, 2.45) is 0 Å². The Balaban J connectivity index is 2.13. The lowest BCUT2D eigenvalue weighted by atomic mass is 9.96. The largest absolute Gasteiger partial charge is 0.370 e. The molecule has 2 aromatic rings. The second kappa shape index (κ2) is 8.72. The van der Waals surface area contributed by atoms with Crippen LogP contribution in [-0.4, -0.2) is 41.4 Å². The predicted octanol–water partition coefficient (Wildman–Crippen LogP) is 3.95. The third kappa shape index (κ3) is 4.53. The van der Waals surface area contributed by atoms with Gasteiger partial charge in [0.2, 0.25) is 5.03 Å². The van der Waals surface area contributed by atoms with Crippen molar-refractivity contribution in [3.05, 3.63) is 41.6 Å². The molecular formula is C22H32N3OS+. The first-order valence-electron chi connectivity index (χ1n) is 9.90. The fraction of sp³-hybridized carbons (Fsp3) is 0.545. The molecule has 1 aliphatic heterocycles. The Kier molecular flexibility index (Phi) is 6.56. The zero-order chi connectivity index (χ0) is 19.4. The summed E-state index contributed by atoms with van der Waals surface area (Å²) in [5.41, 5.74) is 3.69. The third-order valence-corrected chi connectivity index (χ3v) is 6.08.